The summed E-state index contributed by atoms with van der Waals surface area (Å²) in [6, 6.07) is 17.0. The van der Waals surface area contributed by atoms with Crippen molar-refractivity contribution in [1.82, 2.24) is 0 Å². The van der Waals surface area contributed by atoms with Gasteiger partial charge in [0.15, 0.2) is 0 Å². The highest BCUT2D eigenvalue weighted by atomic mass is 16.5. The molecule has 0 spiro atoms. The average Bonchev–Trinajstić information content (AvgIpc) is 2.52. The summed E-state index contributed by atoms with van der Waals surface area (Å²) < 4.78 is 5.43. The molecular formula is C21H25NO. The number of hydrogen-bond donors (Lipinski definition) is 0. The first-order valence-electron chi connectivity index (χ1n) is 7.98. The van der Waals surface area contributed by atoms with Crippen LogP contribution in [0.3, 0.4) is 0 Å². The zero-order chi connectivity index (χ0) is 17.0. The molecule has 0 saturated carbocycles. The van der Waals surface area contributed by atoms with Crippen LogP contribution in [0.15, 0.2) is 42.5 Å². The van der Waals surface area contributed by atoms with Gasteiger partial charge >= 0.3 is 0 Å². The summed E-state index contributed by atoms with van der Waals surface area (Å²) in [6.45, 7) is 8.66. The van der Waals surface area contributed by atoms with Crippen molar-refractivity contribution in [2.75, 3.05) is 7.11 Å². The summed E-state index contributed by atoms with van der Waals surface area (Å²) in [7, 11) is 1.65. The Kier molecular flexibility index (Phi) is 5.11. The molecule has 2 rings (SSSR count). The van der Waals surface area contributed by atoms with E-state index in [9.17, 15) is 5.26 Å². The lowest BCUT2D eigenvalue weighted by Crippen LogP contribution is -2.11. The van der Waals surface area contributed by atoms with Gasteiger partial charge in [0.05, 0.1) is 19.1 Å². The molecule has 0 saturated heterocycles. The van der Waals surface area contributed by atoms with Gasteiger partial charge < -0.3 is 4.74 Å². The summed E-state index contributed by atoms with van der Waals surface area (Å²) in [5.74, 6) is 0.582. The first-order valence-corrected chi connectivity index (χ1v) is 7.98. The Balaban J connectivity index is 2.27. The Morgan fingerprint density at radius 3 is 2.26 bits per heavy atom. The van der Waals surface area contributed by atoms with Gasteiger partial charge in [-0.1, -0.05) is 62.7 Å². The third-order valence-electron chi connectivity index (χ3n) is 4.18. The molecule has 2 aromatic rings. The fourth-order valence-electron chi connectivity index (χ4n) is 2.73. The number of nitrogens with zero attached hydrogens (tertiary/aromatic N) is 1. The van der Waals surface area contributed by atoms with Crippen LogP contribution in [0.4, 0.5) is 0 Å². The molecule has 1 unspecified atom stereocenters. The minimum Gasteiger partial charge on any atom is -0.496 e. The standard InChI is InChI=1S/C21H25NO/c1-15-6-11-20(23-5)19(12-15)17(14-22)13-16-7-9-18(10-8-16)21(2,3)4/h6-12,17H,13H2,1-5H3. The van der Waals surface area contributed by atoms with Gasteiger partial charge in [0.25, 0.3) is 0 Å². The Labute approximate surface area is 139 Å². The van der Waals surface area contributed by atoms with E-state index >= 15 is 0 Å². The van der Waals surface area contributed by atoms with Crippen molar-refractivity contribution < 1.29 is 4.74 Å². The van der Waals surface area contributed by atoms with Gasteiger partial charge in [0.1, 0.15) is 5.75 Å². The second-order valence-corrected chi connectivity index (χ2v) is 7.08. The van der Waals surface area contributed by atoms with E-state index in [1.807, 2.05) is 19.1 Å². The molecule has 0 aliphatic rings. The van der Waals surface area contributed by atoms with Gasteiger partial charge in [0, 0.05) is 5.56 Å². The van der Waals surface area contributed by atoms with Crippen LogP contribution < -0.4 is 4.74 Å². The molecule has 0 aliphatic carbocycles. The highest BCUT2D eigenvalue weighted by molar-refractivity contribution is 5.43. The lowest BCUT2D eigenvalue weighted by atomic mass is 9.85. The summed E-state index contributed by atoms with van der Waals surface area (Å²) in [6.07, 6.45) is 0.695. The molecule has 23 heavy (non-hydrogen) atoms. The van der Waals surface area contributed by atoms with Crippen LogP contribution in [-0.4, -0.2) is 7.11 Å². The Morgan fingerprint density at radius 1 is 1.09 bits per heavy atom. The van der Waals surface area contributed by atoms with Crippen molar-refractivity contribution in [2.45, 2.75) is 45.4 Å². The SMILES string of the molecule is COc1ccc(C)cc1C(C#N)Cc1ccc(C(C)(C)C)cc1. The van der Waals surface area contributed by atoms with Crippen molar-refractivity contribution in [3.8, 4) is 11.8 Å². The lowest BCUT2D eigenvalue weighted by molar-refractivity contribution is 0.408. The quantitative estimate of drug-likeness (QED) is 0.782. The predicted octanol–water partition coefficient (Wildman–Crippen LogP) is 5.15. The molecule has 0 heterocycles. The highest BCUT2D eigenvalue weighted by Gasteiger charge is 2.18. The summed E-state index contributed by atoms with van der Waals surface area (Å²) >= 11 is 0. The van der Waals surface area contributed by atoms with Crippen molar-refractivity contribution in [2.24, 2.45) is 0 Å². The van der Waals surface area contributed by atoms with Crippen molar-refractivity contribution in [1.29, 1.82) is 5.26 Å². The van der Waals surface area contributed by atoms with Crippen LogP contribution in [0.25, 0.3) is 0 Å². The van der Waals surface area contributed by atoms with Gasteiger partial charge in [-0.05, 0) is 36.0 Å². The number of nitriles is 1. The zero-order valence-electron chi connectivity index (χ0n) is 14.7. The van der Waals surface area contributed by atoms with Crippen LogP contribution in [0.2, 0.25) is 0 Å². The third-order valence-corrected chi connectivity index (χ3v) is 4.18. The Morgan fingerprint density at radius 2 is 1.74 bits per heavy atom. The molecule has 2 nitrogen and oxygen atoms in total. The molecule has 0 fully saturated rings. The molecule has 1 atom stereocenters. The monoisotopic (exact) mass is 307 g/mol. The number of aryl methyl sites for hydroxylation is 1. The number of hydrogen-bond acceptors (Lipinski definition) is 2. The van der Waals surface area contributed by atoms with Crippen molar-refractivity contribution >= 4 is 0 Å². The minimum atomic E-state index is -0.203. The first kappa shape index (κ1) is 17.1. The molecule has 0 radical (unpaired) electrons. The van der Waals surface area contributed by atoms with Crippen LogP contribution in [-0.2, 0) is 11.8 Å². The van der Waals surface area contributed by atoms with Crippen molar-refractivity contribution in [3.05, 3.63) is 64.7 Å². The molecule has 2 heteroatoms. The third kappa shape index (κ3) is 4.13. The summed E-state index contributed by atoms with van der Waals surface area (Å²) in [5.41, 5.74) is 4.74. The molecule has 0 N–H and O–H groups in total. The van der Waals surface area contributed by atoms with Crippen molar-refractivity contribution in [3.63, 3.8) is 0 Å². The van der Waals surface area contributed by atoms with Gasteiger partial charge in [-0.15, -0.1) is 0 Å². The average molecular weight is 307 g/mol. The van der Waals surface area contributed by atoms with E-state index in [-0.39, 0.29) is 11.3 Å². The molecule has 120 valence electrons. The topological polar surface area (TPSA) is 33.0 Å². The van der Waals surface area contributed by atoms with Crippen LogP contribution in [0.5, 0.6) is 5.75 Å². The Bertz CT molecular complexity index is 702. The number of benzene rings is 2. The molecule has 0 bridgehead atoms. The molecule has 0 aromatic heterocycles. The van der Waals surface area contributed by atoms with E-state index in [0.29, 0.717) is 6.42 Å². The fourth-order valence-corrected chi connectivity index (χ4v) is 2.73. The number of rotatable bonds is 4. The largest absolute Gasteiger partial charge is 0.496 e. The van der Waals surface area contributed by atoms with Gasteiger partial charge in [-0.3, -0.25) is 0 Å². The fraction of sp³-hybridized carbons (Fsp3) is 0.381. The maximum atomic E-state index is 9.63. The van der Waals surface area contributed by atoms with E-state index in [4.69, 9.17) is 4.74 Å². The second kappa shape index (κ2) is 6.87. The lowest BCUT2D eigenvalue weighted by Gasteiger charge is -2.20. The zero-order valence-corrected chi connectivity index (χ0v) is 14.7. The maximum absolute atomic E-state index is 9.63. The van der Waals surface area contributed by atoms with E-state index < -0.39 is 0 Å². The van der Waals surface area contributed by atoms with Crippen LogP contribution >= 0.6 is 0 Å². The summed E-state index contributed by atoms with van der Waals surface area (Å²) in [4.78, 5) is 0. The molecule has 0 aliphatic heterocycles. The molecular weight excluding hydrogens is 282 g/mol. The molecule has 2 aromatic carbocycles. The van der Waals surface area contributed by atoms with Crippen LogP contribution in [0.1, 0.15) is 48.9 Å². The van der Waals surface area contributed by atoms with Crippen LogP contribution in [0, 0.1) is 18.3 Å². The van der Waals surface area contributed by atoms with Gasteiger partial charge in [-0.25, -0.2) is 0 Å². The Hall–Kier alpha value is -2.27. The maximum Gasteiger partial charge on any atom is 0.123 e. The minimum absolute atomic E-state index is 0.146. The number of ether oxygens (including phenoxy) is 1. The van der Waals surface area contributed by atoms with Gasteiger partial charge in [-0.2, -0.15) is 5.26 Å². The van der Waals surface area contributed by atoms with Gasteiger partial charge in [0.2, 0.25) is 0 Å². The van der Waals surface area contributed by atoms with E-state index in [1.165, 1.54) is 11.1 Å². The normalized spacial score (nSPS) is 12.5. The first-order chi connectivity index (χ1) is 10.8. The number of methoxy groups -OCH3 is 1. The summed E-state index contributed by atoms with van der Waals surface area (Å²) in [5, 5.41) is 9.63. The van der Waals surface area contributed by atoms with E-state index in [0.717, 1.165) is 16.9 Å². The van der Waals surface area contributed by atoms with E-state index in [2.05, 4.69) is 57.2 Å². The molecule has 0 amide bonds. The smallest absolute Gasteiger partial charge is 0.123 e. The highest BCUT2D eigenvalue weighted by Crippen LogP contribution is 2.30. The van der Waals surface area contributed by atoms with E-state index in [1.54, 1.807) is 7.11 Å². The second-order valence-electron chi connectivity index (χ2n) is 7.08. The predicted molar refractivity (Wildman–Crippen MR) is 94.9 cm³/mol.